The Bertz CT molecular complexity index is 430. The maximum absolute atomic E-state index is 5.88. The first-order valence-corrected chi connectivity index (χ1v) is 6.58. The molecule has 0 aromatic heterocycles. The molecule has 0 radical (unpaired) electrons. The summed E-state index contributed by atoms with van der Waals surface area (Å²) in [6.07, 6.45) is 1.00. The highest BCUT2D eigenvalue weighted by molar-refractivity contribution is 8.14. The molecule has 4 heteroatoms. The third-order valence-corrected chi connectivity index (χ3v) is 3.98. The molecule has 0 saturated heterocycles. The zero-order valence-electron chi connectivity index (χ0n) is 10.4. The van der Waals surface area contributed by atoms with E-state index in [1.165, 1.54) is 5.56 Å². The van der Waals surface area contributed by atoms with E-state index < -0.39 is 0 Å². The standard InChI is InChI=1S/C13H18N2OS/c1-9-8-13(2,15-12(14)17-9)10-4-6-11(16-3)7-5-10/h4-7,9H,8H2,1-3H3,(H2,14,15)/t9-,13-/m1/s1. The van der Waals surface area contributed by atoms with Gasteiger partial charge in [0.2, 0.25) is 0 Å². The molecule has 1 heterocycles. The summed E-state index contributed by atoms with van der Waals surface area (Å²) in [5.74, 6) is 0.868. The van der Waals surface area contributed by atoms with Gasteiger partial charge in [-0.2, -0.15) is 0 Å². The average Bonchev–Trinajstić information content (AvgIpc) is 2.27. The van der Waals surface area contributed by atoms with Crippen LogP contribution in [-0.2, 0) is 5.54 Å². The predicted molar refractivity (Wildman–Crippen MR) is 73.6 cm³/mol. The van der Waals surface area contributed by atoms with Gasteiger partial charge in [-0.25, -0.2) is 0 Å². The Hall–Kier alpha value is -1.16. The van der Waals surface area contributed by atoms with E-state index in [1.807, 2.05) is 12.1 Å². The molecule has 2 atom stereocenters. The third kappa shape index (κ3) is 2.57. The molecule has 1 aliphatic rings. The number of nitrogens with zero attached hydrogens (tertiary/aromatic N) is 1. The maximum Gasteiger partial charge on any atom is 0.155 e. The summed E-state index contributed by atoms with van der Waals surface area (Å²) in [5, 5.41) is 1.18. The molecule has 0 saturated carbocycles. The minimum Gasteiger partial charge on any atom is -0.497 e. The Labute approximate surface area is 106 Å². The number of benzene rings is 1. The van der Waals surface area contributed by atoms with Crippen LogP contribution in [0.4, 0.5) is 0 Å². The van der Waals surface area contributed by atoms with Gasteiger partial charge in [-0.3, -0.25) is 4.99 Å². The van der Waals surface area contributed by atoms with E-state index in [2.05, 4.69) is 31.0 Å². The molecule has 17 heavy (non-hydrogen) atoms. The number of thioether (sulfide) groups is 1. The summed E-state index contributed by atoms with van der Waals surface area (Å²) in [6.45, 7) is 4.33. The molecule has 92 valence electrons. The van der Waals surface area contributed by atoms with Crippen molar-refractivity contribution in [2.75, 3.05) is 7.11 Å². The van der Waals surface area contributed by atoms with Crippen LogP contribution in [0.3, 0.4) is 0 Å². The number of rotatable bonds is 2. The fraction of sp³-hybridized carbons (Fsp3) is 0.462. The Morgan fingerprint density at radius 2 is 2.06 bits per heavy atom. The van der Waals surface area contributed by atoms with Gasteiger partial charge in [0.25, 0.3) is 0 Å². The first kappa shape index (κ1) is 12.3. The second-order valence-electron chi connectivity index (χ2n) is 4.58. The Morgan fingerprint density at radius 3 is 2.59 bits per heavy atom. The van der Waals surface area contributed by atoms with Crippen LogP contribution >= 0.6 is 11.8 Å². The van der Waals surface area contributed by atoms with Crippen molar-refractivity contribution >= 4 is 16.9 Å². The molecular formula is C13H18N2OS. The van der Waals surface area contributed by atoms with E-state index in [0.717, 1.165) is 12.2 Å². The second-order valence-corrected chi connectivity index (χ2v) is 6.04. The van der Waals surface area contributed by atoms with Crippen LogP contribution in [0.5, 0.6) is 5.75 Å². The lowest BCUT2D eigenvalue weighted by Crippen LogP contribution is -2.32. The van der Waals surface area contributed by atoms with E-state index >= 15 is 0 Å². The van der Waals surface area contributed by atoms with E-state index in [1.54, 1.807) is 18.9 Å². The van der Waals surface area contributed by atoms with Crippen molar-refractivity contribution in [2.24, 2.45) is 10.7 Å². The topological polar surface area (TPSA) is 47.6 Å². The average molecular weight is 250 g/mol. The maximum atomic E-state index is 5.88. The van der Waals surface area contributed by atoms with Crippen LogP contribution < -0.4 is 10.5 Å². The summed E-state index contributed by atoms with van der Waals surface area (Å²) in [6, 6.07) is 8.08. The van der Waals surface area contributed by atoms with Gasteiger partial charge in [0.1, 0.15) is 5.75 Å². The van der Waals surface area contributed by atoms with E-state index in [-0.39, 0.29) is 5.54 Å². The molecule has 0 spiro atoms. The van der Waals surface area contributed by atoms with Crippen molar-refractivity contribution in [3.63, 3.8) is 0 Å². The smallest absolute Gasteiger partial charge is 0.155 e. The van der Waals surface area contributed by atoms with Crippen LogP contribution in [0.1, 0.15) is 25.8 Å². The molecule has 1 aromatic rings. The minimum absolute atomic E-state index is 0.207. The largest absolute Gasteiger partial charge is 0.497 e. The first-order valence-electron chi connectivity index (χ1n) is 5.70. The minimum atomic E-state index is -0.207. The number of hydrogen-bond acceptors (Lipinski definition) is 4. The number of aliphatic imine (C=N–C) groups is 1. The Kier molecular flexibility index (Phi) is 3.33. The molecule has 0 bridgehead atoms. The quantitative estimate of drug-likeness (QED) is 0.878. The molecule has 2 rings (SSSR count). The van der Waals surface area contributed by atoms with Crippen molar-refractivity contribution in [1.29, 1.82) is 0 Å². The molecule has 0 amide bonds. The van der Waals surface area contributed by atoms with Gasteiger partial charge in [0.15, 0.2) is 5.17 Å². The van der Waals surface area contributed by atoms with Gasteiger partial charge < -0.3 is 10.5 Å². The van der Waals surface area contributed by atoms with Gasteiger partial charge >= 0.3 is 0 Å². The van der Waals surface area contributed by atoms with Crippen LogP contribution in [0, 0.1) is 0 Å². The highest BCUT2D eigenvalue weighted by Gasteiger charge is 2.32. The molecule has 2 N–H and O–H groups in total. The van der Waals surface area contributed by atoms with Gasteiger partial charge in [-0.1, -0.05) is 30.8 Å². The van der Waals surface area contributed by atoms with Crippen LogP contribution in [0.2, 0.25) is 0 Å². The third-order valence-electron chi connectivity index (χ3n) is 3.08. The number of amidine groups is 1. The number of hydrogen-bond donors (Lipinski definition) is 1. The van der Waals surface area contributed by atoms with Gasteiger partial charge in [-0.15, -0.1) is 0 Å². The molecule has 1 aromatic carbocycles. The van der Waals surface area contributed by atoms with Crippen molar-refractivity contribution in [1.82, 2.24) is 0 Å². The summed E-state index contributed by atoms with van der Waals surface area (Å²) >= 11 is 1.65. The lowest BCUT2D eigenvalue weighted by Gasteiger charge is -2.33. The van der Waals surface area contributed by atoms with Gasteiger partial charge in [-0.05, 0) is 31.0 Å². The Morgan fingerprint density at radius 1 is 1.41 bits per heavy atom. The fourth-order valence-electron chi connectivity index (χ4n) is 2.26. The SMILES string of the molecule is COc1ccc([C@@]2(C)C[C@@H](C)SC(N)=N2)cc1. The van der Waals surface area contributed by atoms with Gasteiger partial charge in [0.05, 0.1) is 12.6 Å². The summed E-state index contributed by atoms with van der Waals surface area (Å²) < 4.78 is 5.17. The second kappa shape index (κ2) is 4.61. The molecule has 0 aliphatic carbocycles. The lowest BCUT2D eigenvalue weighted by atomic mass is 9.88. The molecule has 0 unspecified atom stereocenters. The predicted octanol–water partition coefficient (Wildman–Crippen LogP) is 2.75. The normalized spacial score (nSPS) is 28.6. The number of ether oxygens (including phenoxy) is 1. The van der Waals surface area contributed by atoms with Crippen molar-refractivity contribution < 1.29 is 4.74 Å². The number of methoxy groups -OCH3 is 1. The molecule has 1 aliphatic heterocycles. The van der Waals surface area contributed by atoms with Crippen molar-refractivity contribution in [2.45, 2.75) is 31.1 Å². The Balaban J connectivity index is 2.33. The molecule has 3 nitrogen and oxygen atoms in total. The van der Waals surface area contributed by atoms with E-state index in [0.29, 0.717) is 10.4 Å². The van der Waals surface area contributed by atoms with Crippen LogP contribution in [0.15, 0.2) is 29.3 Å². The summed E-state index contributed by atoms with van der Waals surface area (Å²) in [4.78, 5) is 4.61. The van der Waals surface area contributed by atoms with Crippen molar-refractivity contribution in [3.05, 3.63) is 29.8 Å². The zero-order chi connectivity index (χ0) is 12.5. The zero-order valence-corrected chi connectivity index (χ0v) is 11.3. The van der Waals surface area contributed by atoms with Crippen molar-refractivity contribution in [3.8, 4) is 5.75 Å². The summed E-state index contributed by atoms with van der Waals surface area (Å²) in [5.41, 5.74) is 6.86. The monoisotopic (exact) mass is 250 g/mol. The fourth-order valence-corrected chi connectivity index (χ4v) is 3.33. The van der Waals surface area contributed by atoms with Crippen LogP contribution in [0.25, 0.3) is 0 Å². The van der Waals surface area contributed by atoms with Gasteiger partial charge in [0, 0.05) is 5.25 Å². The highest BCUT2D eigenvalue weighted by atomic mass is 32.2. The summed E-state index contributed by atoms with van der Waals surface area (Å²) in [7, 11) is 1.67. The first-order chi connectivity index (χ1) is 8.03. The number of nitrogens with two attached hydrogens (primary N) is 1. The van der Waals surface area contributed by atoms with E-state index in [4.69, 9.17) is 10.5 Å². The highest BCUT2D eigenvalue weighted by Crippen LogP contribution is 2.38. The van der Waals surface area contributed by atoms with E-state index in [9.17, 15) is 0 Å². The lowest BCUT2D eigenvalue weighted by molar-refractivity contribution is 0.412. The molecular weight excluding hydrogens is 232 g/mol. The van der Waals surface area contributed by atoms with Crippen LogP contribution in [-0.4, -0.2) is 17.5 Å². The molecule has 0 fully saturated rings.